The first-order valence-corrected chi connectivity index (χ1v) is 6.30. The van der Waals surface area contributed by atoms with E-state index >= 15 is 0 Å². The molecule has 1 heterocycles. The highest BCUT2D eigenvalue weighted by Gasteiger charge is 2.16. The molecule has 0 aromatic rings. The van der Waals surface area contributed by atoms with E-state index in [4.69, 9.17) is 10.5 Å². The van der Waals surface area contributed by atoms with Gasteiger partial charge in [0.05, 0.1) is 6.61 Å². The second-order valence-corrected chi connectivity index (χ2v) is 4.60. The van der Waals surface area contributed by atoms with Gasteiger partial charge in [0.25, 0.3) is 0 Å². The van der Waals surface area contributed by atoms with Gasteiger partial charge in [-0.25, -0.2) is 0 Å². The van der Waals surface area contributed by atoms with Crippen LogP contribution in [0.2, 0.25) is 0 Å². The summed E-state index contributed by atoms with van der Waals surface area (Å²) in [5.74, 6) is 0.945. The predicted molar refractivity (Wildman–Crippen MR) is 64.0 cm³/mol. The van der Waals surface area contributed by atoms with Crippen molar-refractivity contribution in [2.24, 2.45) is 17.6 Å². The zero-order valence-electron chi connectivity index (χ0n) is 10.2. The number of carbonyl (C=O) groups is 1. The summed E-state index contributed by atoms with van der Waals surface area (Å²) < 4.78 is 5.37. The van der Waals surface area contributed by atoms with Gasteiger partial charge in [-0.3, -0.25) is 4.79 Å². The summed E-state index contributed by atoms with van der Waals surface area (Å²) in [6.07, 6.45) is 3.80. The second-order valence-electron chi connectivity index (χ2n) is 4.60. The van der Waals surface area contributed by atoms with Crippen molar-refractivity contribution in [3.8, 4) is 0 Å². The summed E-state index contributed by atoms with van der Waals surface area (Å²) >= 11 is 0. The molecule has 0 aromatic heterocycles. The molecule has 16 heavy (non-hydrogen) atoms. The monoisotopic (exact) mass is 228 g/mol. The van der Waals surface area contributed by atoms with Gasteiger partial charge in [-0.1, -0.05) is 13.3 Å². The summed E-state index contributed by atoms with van der Waals surface area (Å²) in [4.78, 5) is 11.6. The van der Waals surface area contributed by atoms with Crippen LogP contribution in [0.4, 0.5) is 0 Å². The second kappa shape index (κ2) is 7.63. The van der Waals surface area contributed by atoms with E-state index < -0.39 is 0 Å². The van der Waals surface area contributed by atoms with Crippen molar-refractivity contribution in [3.63, 3.8) is 0 Å². The van der Waals surface area contributed by atoms with Crippen LogP contribution in [0.5, 0.6) is 0 Å². The Morgan fingerprint density at radius 1 is 1.62 bits per heavy atom. The molecule has 0 saturated carbocycles. The maximum Gasteiger partial charge on any atom is 0.220 e. The van der Waals surface area contributed by atoms with Crippen molar-refractivity contribution in [3.05, 3.63) is 0 Å². The number of ether oxygens (including phenoxy) is 1. The van der Waals surface area contributed by atoms with Gasteiger partial charge in [-0.2, -0.15) is 0 Å². The van der Waals surface area contributed by atoms with E-state index in [1.807, 2.05) is 0 Å². The summed E-state index contributed by atoms with van der Waals surface area (Å²) in [5, 5.41) is 2.98. The van der Waals surface area contributed by atoms with Gasteiger partial charge in [0.2, 0.25) is 5.91 Å². The fraction of sp³-hybridized carbons (Fsp3) is 0.917. The summed E-state index contributed by atoms with van der Waals surface area (Å²) in [5.41, 5.74) is 5.57. The molecule has 2 unspecified atom stereocenters. The zero-order chi connectivity index (χ0) is 11.8. The third-order valence-corrected chi connectivity index (χ3v) is 3.23. The quantitative estimate of drug-likeness (QED) is 0.710. The van der Waals surface area contributed by atoms with E-state index in [0.29, 0.717) is 24.8 Å². The molecule has 4 nitrogen and oxygen atoms in total. The zero-order valence-corrected chi connectivity index (χ0v) is 10.2. The van der Waals surface area contributed by atoms with Gasteiger partial charge in [-0.05, 0) is 31.2 Å². The van der Waals surface area contributed by atoms with Crippen molar-refractivity contribution < 1.29 is 9.53 Å². The molecule has 4 heteroatoms. The third-order valence-electron chi connectivity index (χ3n) is 3.23. The van der Waals surface area contributed by atoms with Gasteiger partial charge in [0, 0.05) is 19.6 Å². The van der Waals surface area contributed by atoms with Crippen LogP contribution in [0.1, 0.15) is 32.6 Å². The standard InChI is InChI=1S/C12H24N2O2/c1-2-10(7-13)6-12(15)14-8-11-4-3-5-16-9-11/h10-11H,2-9,13H2,1H3,(H,14,15). The van der Waals surface area contributed by atoms with E-state index in [9.17, 15) is 4.79 Å². The largest absolute Gasteiger partial charge is 0.381 e. The summed E-state index contributed by atoms with van der Waals surface area (Å²) in [6.45, 7) is 5.07. The minimum atomic E-state index is 0.128. The Hall–Kier alpha value is -0.610. The van der Waals surface area contributed by atoms with E-state index in [2.05, 4.69) is 12.2 Å². The lowest BCUT2D eigenvalue weighted by Gasteiger charge is -2.22. The minimum Gasteiger partial charge on any atom is -0.381 e. The van der Waals surface area contributed by atoms with Crippen molar-refractivity contribution in [2.45, 2.75) is 32.6 Å². The topological polar surface area (TPSA) is 64.4 Å². The van der Waals surface area contributed by atoms with E-state index in [0.717, 1.165) is 39.0 Å². The van der Waals surface area contributed by atoms with Crippen LogP contribution < -0.4 is 11.1 Å². The average molecular weight is 228 g/mol. The maximum absolute atomic E-state index is 11.6. The van der Waals surface area contributed by atoms with Crippen LogP contribution in [0.3, 0.4) is 0 Å². The SMILES string of the molecule is CCC(CN)CC(=O)NCC1CCCOC1. The molecule has 1 rings (SSSR count). The Balaban J connectivity index is 2.13. The molecule has 2 atom stereocenters. The number of amides is 1. The van der Waals surface area contributed by atoms with Gasteiger partial charge in [0.1, 0.15) is 0 Å². The highest BCUT2D eigenvalue weighted by molar-refractivity contribution is 5.76. The highest BCUT2D eigenvalue weighted by Crippen LogP contribution is 2.12. The molecule has 0 aliphatic carbocycles. The van der Waals surface area contributed by atoms with Crippen LogP contribution >= 0.6 is 0 Å². The van der Waals surface area contributed by atoms with E-state index in [-0.39, 0.29) is 5.91 Å². The summed E-state index contributed by atoms with van der Waals surface area (Å²) in [6, 6.07) is 0. The minimum absolute atomic E-state index is 0.128. The van der Waals surface area contributed by atoms with Crippen LogP contribution in [0.25, 0.3) is 0 Å². The summed E-state index contributed by atoms with van der Waals surface area (Å²) in [7, 11) is 0. The molecular formula is C12H24N2O2. The smallest absolute Gasteiger partial charge is 0.220 e. The van der Waals surface area contributed by atoms with Crippen LogP contribution in [-0.2, 0) is 9.53 Å². The molecule has 0 spiro atoms. The van der Waals surface area contributed by atoms with Gasteiger partial charge >= 0.3 is 0 Å². The third kappa shape index (κ3) is 4.94. The molecule has 1 fully saturated rings. The number of hydrogen-bond donors (Lipinski definition) is 2. The molecule has 1 saturated heterocycles. The van der Waals surface area contributed by atoms with E-state index in [1.165, 1.54) is 0 Å². The fourth-order valence-electron chi connectivity index (χ4n) is 1.96. The average Bonchev–Trinajstić information content (AvgIpc) is 2.34. The predicted octanol–water partition coefficient (Wildman–Crippen LogP) is 0.904. The Kier molecular flexibility index (Phi) is 6.42. The lowest BCUT2D eigenvalue weighted by atomic mass is 10.0. The lowest BCUT2D eigenvalue weighted by Crippen LogP contribution is -2.34. The maximum atomic E-state index is 11.6. The molecule has 3 N–H and O–H groups in total. The molecule has 1 amide bonds. The number of carbonyl (C=O) groups excluding carboxylic acids is 1. The van der Waals surface area contributed by atoms with Gasteiger partial charge < -0.3 is 15.8 Å². The molecule has 0 aromatic carbocycles. The molecular weight excluding hydrogens is 204 g/mol. The first kappa shape index (κ1) is 13.5. The Labute approximate surface area is 97.9 Å². The normalized spacial score (nSPS) is 22.8. The molecule has 94 valence electrons. The van der Waals surface area contributed by atoms with Crippen molar-refractivity contribution in [2.75, 3.05) is 26.3 Å². The van der Waals surface area contributed by atoms with Crippen molar-refractivity contribution in [1.29, 1.82) is 0 Å². The van der Waals surface area contributed by atoms with Gasteiger partial charge in [0.15, 0.2) is 0 Å². The van der Waals surface area contributed by atoms with Crippen LogP contribution in [-0.4, -0.2) is 32.2 Å². The Morgan fingerprint density at radius 3 is 3.00 bits per heavy atom. The van der Waals surface area contributed by atoms with E-state index in [1.54, 1.807) is 0 Å². The lowest BCUT2D eigenvalue weighted by molar-refractivity contribution is -0.122. The first-order chi connectivity index (χ1) is 7.76. The molecule has 0 bridgehead atoms. The fourth-order valence-corrected chi connectivity index (χ4v) is 1.96. The number of nitrogens with one attached hydrogen (secondary N) is 1. The first-order valence-electron chi connectivity index (χ1n) is 6.30. The van der Waals surface area contributed by atoms with Gasteiger partial charge in [-0.15, -0.1) is 0 Å². The molecule has 1 aliphatic rings. The van der Waals surface area contributed by atoms with Crippen LogP contribution in [0.15, 0.2) is 0 Å². The Morgan fingerprint density at radius 2 is 2.44 bits per heavy atom. The van der Waals surface area contributed by atoms with Crippen molar-refractivity contribution >= 4 is 5.91 Å². The molecule has 0 radical (unpaired) electrons. The number of rotatable bonds is 6. The van der Waals surface area contributed by atoms with Crippen LogP contribution in [0, 0.1) is 11.8 Å². The Bertz CT molecular complexity index is 199. The number of nitrogens with two attached hydrogens (primary N) is 1. The number of hydrogen-bond acceptors (Lipinski definition) is 3. The van der Waals surface area contributed by atoms with Crippen molar-refractivity contribution in [1.82, 2.24) is 5.32 Å². The molecule has 1 aliphatic heterocycles. The highest BCUT2D eigenvalue weighted by atomic mass is 16.5.